The van der Waals surface area contributed by atoms with Gasteiger partial charge >= 0.3 is 0 Å². The Hall–Kier alpha value is -1.82. The molecular formula is C14H18F2N4. The van der Waals surface area contributed by atoms with Crippen LogP contribution in [0.5, 0.6) is 0 Å². The minimum atomic E-state index is -0.542. The van der Waals surface area contributed by atoms with E-state index in [0.717, 1.165) is 11.9 Å². The monoisotopic (exact) mass is 280 g/mol. The predicted octanol–water partition coefficient (Wildman–Crippen LogP) is 2.47. The molecule has 108 valence electrons. The lowest BCUT2D eigenvalue weighted by molar-refractivity contribution is 0.490. The van der Waals surface area contributed by atoms with Crippen LogP contribution in [0, 0.1) is 11.6 Å². The first-order valence-corrected chi connectivity index (χ1v) is 6.60. The van der Waals surface area contributed by atoms with Crippen LogP contribution in [0.4, 0.5) is 8.78 Å². The summed E-state index contributed by atoms with van der Waals surface area (Å²) in [7, 11) is 0. The van der Waals surface area contributed by atoms with Gasteiger partial charge in [0, 0.05) is 12.1 Å². The van der Waals surface area contributed by atoms with Crippen molar-refractivity contribution in [2.45, 2.75) is 32.9 Å². The Balaban J connectivity index is 1.83. The molecule has 0 radical (unpaired) electrons. The first-order valence-electron chi connectivity index (χ1n) is 6.60. The lowest BCUT2D eigenvalue weighted by atomic mass is 10.1. The molecule has 0 spiro atoms. The van der Waals surface area contributed by atoms with Crippen molar-refractivity contribution < 1.29 is 8.78 Å². The van der Waals surface area contributed by atoms with Crippen molar-refractivity contribution in [2.24, 2.45) is 0 Å². The minimum absolute atomic E-state index is 0.256. The van der Waals surface area contributed by atoms with Crippen molar-refractivity contribution >= 4 is 0 Å². The molecule has 20 heavy (non-hydrogen) atoms. The maximum Gasteiger partial charge on any atom is 0.141 e. The van der Waals surface area contributed by atoms with Crippen LogP contribution in [-0.2, 0) is 13.0 Å². The average Bonchev–Trinajstić information content (AvgIpc) is 2.82. The molecular weight excluding hydrogens is 262 g/mol. The van der Waals surface area contributed by atoms with Crippen molar-refractivity contribution in [2.75, 3.05) is 6.54 Å². The highest BCUT2D eigenvalue weighted by atomic mass is 19.1. The molecule has 0 saturated carbocycles. The van der Waals surface area contributed by atoms with Gasteiger partial charge in [0.1, 0.15) is 23.8 Å². The van der Waals surface area contributed by atoms with E-state index in [9.17, 15) is 8.78 Å². The summed E-state index contributed by atoms with van der Waals surface area (Å²) in [4.78, 5) is 4.18. The van der Waals surface area contributed by atoms with Crippen molar-refractivity contribution in [3.05, 3.63) is 47.5 Å². The molecule has 0 aliphatic carbocycles. The van der Waals surface area contributed by atoms with Gasteiger partial charge in [0.15, 0.2) is 0 Å². The largest absolute Gasteiger partial charge is 0.310 e. The Labute approximate surface area is 116 Å². The third-order valence-corrected chi connectivity index (χ3v) is 2.93. The summed E-state index contributed by atoms with van der Waals surface area (Å²) >= 11 is 0. The Bertz CT molecular complexity index is 546. The lowest BCUT2D eigenvalue weighted by Crippen LogP contribution is -2.20. The van der Waals surface area contributed by atoms with Crippen molar-refractivity contribution in [1.29, 1.82) is 0 Å². The fourth-order valence-corrected chi connectivity index (χ4v) is 2.02. The summed E-state index contributed by atoms with van der Waals surface area (Å²) in [5.41, 5.74) is 0.639. The molecule has 1 N–H and O–H groups in total. The number of nitrogens with zero attached hydrogens (tertiary/aromatic N) is 3. The van der Waals surface area contributed by atoms with Gasteiger partial charge in [0.25, 0.3) is 0 Å². The fraction of sp³-hybridized carbons (Fsp3) is 0.429. The molecule has 0 aliphatic rings. The third kappa shape index (κ3) is 3.84. The maximum absolute atomic E-state index is 13.0. The van der Waals surface area contributed by atoms with Gasteiger partial charge in [-0.25, -0.2) is 18.4 Å². The van der Waals surface area contributed by atoms with Crippen LogP contribution < -0.4 is 5.32 Å². The molecule has 4 nitrogen and oxygen atoms in total. The van der Waals surface area contributed by atoms with E-state index in [1.54, 1.807) is 0 Å². The molecule has 0 atom stereocenters. The van der Waals surface area contributed by atoms with E-state index in [2.05, 4.69) is 15.4 Å². The van der Waals surface area contributed by atoms with Gasteiger partial charge in [-0.15, -0.1) is 0 Å². The maximum atomic E-state index is 13.0. The van der Waals surface area contributed by atoms with Crippen LogP contribution in [0.1, 0.15) is 31.3 Å². The SMILES string of the molecule is CC(C)n1ncnc1CNCCc1cc(F)cc(F)c1. The molecule has 1 aromatic carbocycles. The van der Waals surface area contributed by atoms with Crippen molar-refractivity contribution in [3.63, 3.8) is 0 Å². The zero-order valence-electron chi connectivity index (χ0n) is 11.6. The molecule has 0 saturated heterocycles. The van der Waals surface area contributed by atoms with Crippen LogP contribution >= 0.6 is 0 Å². The van der Waals surface area contributed by atoms with Crippen molar-refractivity contribution in [1.82, 2.24) is 20.1 Å². The summed E-state index contributed by atoms with van der Waals surface area (Å²) in [5.74, 6) is -0.232. The number of rotatable bonds is 6. The van der Waals surface area contributed by atoms with Crippen molar-refractivity contribution in [3.8, 4) is 0 Å². The Kier molecular flexibility index (Phi) is 4.79. The smallest absolute Gasteiger partial charge is 0.141 e. The molecule has 2 rings (SSSR count). The van der Waals surface area contributed by atoms with Crippen LogP contribution in [0.3, 0.4) is 0 Å². The highest BCUT2D eigenvalue weighted by molar-refractivity contribution is 5.18. The second-order valence-electron chi connectivity index (χ2n) is 4.92. The quantitative estimate of drug-likeness (QED) is 0.827. The fourth-order valence-electron chi connectivity index (χ4n) is 2.02. The van der Waals surface area contributed by atoms with E-state index in [4.69, 9.17) is 0 Å². The summed E-state index contributed by atoms with van der Waals surface area (Å²) < 4.78 is 27.9. The van der Waals surface area contributed by atoms with Crippen LogP contribution in [-0.4, -0.2) is 21.3 Å². The zero-order valence-corrected chi connectivity index (χ0v) is 11.6. The molecule has 1 heterocycles. The number of halogens is 2. The normalized spacial score (nSPS) is 11.2. The number of hydrogen-bond donors (Lipinski definition) is 1. The molecule has 2 aromatic rings. The topological polar surface area (TPSA) is 42.7 Å². The van der Waals surface area contributed by atoms with E-state index in [-0.39, 0.29) is 6.04 Å². The summed E-state index contributed by atoms with van der Waals surface area (Å²) in [6.07, 6.45) is 2.09. The zero-order chi connectivity index (χ0) is 14.5. The molecule has 0 amide bonds. The third-order valence-electron chi connectivity index (χ3n) is 2.93. The minimum Gasteiger partial charge on any atom is -0.310 e. The lowest BCUT2D eigenvalue weighted by Gasteiger charge is -2.10. The van der Waals surface area contributed by atoms with E-state index in [0.29, 0.717) is 25.1 Å². The number of nitrogens with one attached hydrogen (secondary N) is 1. The summed E-state index contributed by atoms with van der Waals surface area (Å²) in [5, 5.41) is 7.34. The van der Waals surface area contributed by atoms with Gasteiger partial charge < -0.3 is 5.32 Å². The van der Waals surface area contributed by atoms with Crippen LogP contribution in [0.25, 0.3) is 0 Å². The molecule has 0 unspecified atom stereocenters. The Morgan fingerprint density at radius 3 is 2.55 bits per heavy atom. The van der Waals surface area contributed by atoms with Gasteiger partial charge in [0.2, 0.25) is 0 Å². The second kappa shape index (κ2) is 6.56. The standard InChI is InChI=1S/C14H18F2N4/c1-10(2)20-14(18-9-19-20)8-17-4-3-11-5-12(15)7-13(16)6-11/h5-7,9-10,17H,3-4,8H2,1-2H3. The highest BCUT2D eigenvalue weighted by Crippen LogP contribution is 2.08. The van der Waals surface area contributed by atoms with Gasteiger partial charge in [0.05, 0.1) is 6.54 Å². The van der Waals surface area contributed by atoms with Crippen LogP contribution in [0.15, 0.2) is 24.5 Å². The van der Waals surface area contributed by atoms with Gasteiger partial charge in [-0.3, -0.25) is 0 Å². The molecule has 1 aromatic heterocycles. The van der Waals surface area contributed by atoms with Crippen LogP contribution in [0.2, 0.25) is 0 Å². The first-order chi connectivity index (χ1) is 9.56. The van der Waals surface area contributed by atoms with Gasteiger partial charge in [-0.2, -0.15) is 5.10 Å². The van der Waals surface area contributed by atoms with E-state index in [1.165, 1.54) is 18.5 Å². The number of hydrogen-bond acceptors (Lipinski definition) is 3. The Morgan fingerprint density at radius 2 is 1.90 bits per heavy atom. The van der Waals surface area contributed by atoms with Gasteiger partial charge in [-0.1, -0.05) is 0 Å². The summed E-state index contributed by atoms with van der Waals surface area (Å²) in [6, 6.07) is 3.83. The van der Waals surface area contributed by atoms with E-state index in [1.807, 2.05) is 18.5 Å². The number of benzene rings is 1. The Morgan fingerprint density at radius 1 is 1.20 bits per heavy atom. The summed E-state index contributed by atoms with van der Waals surface area (Å²) in [6.45, 7) is 5.27. The second-order valence-corrected chi connectivity index (χ2v) is 4.92. The first kappa shape index (κ1) is 14.6. The predicted molar refractivity (Wildman–Crippen MR) is 72.2 cm³/mol. The molecule has 0 aliphatic heterocycles. The highest BCUT2D eigenvalue weighted by Gasteiger charge is 2.06. The van der Waals surface area contributed by atoms with E-state index < -0.39 is 11.6 Å². The number of aromatic nitrogens is 3. The average molecular weight is 280 g/mol. The molecule has 0 fully saturated rings. The molecule has 0 bridgehead atoms. The van der Waals surface area contributed by atoms with Gasteiger partial charge in [-0.05, 0) is 44.5 Å². The van der Waals surface area contributed by atoms with E-state index >= 15 is 0 Å². The molecule has 6 heteroatoms.